The van der Waals surface area contributed by atoms with Crippen LogP contribution < -0.4 is 0 Å². The first kappa shape index (κ1) is 10.0. The predicted molar refractivity (Wildman–Crippen MR) is 47.0 cm³/mol. The zero-order valence-electron chi connectivity index (χ0n) is 8.08. The van der Waals surface area contributed by atoms with Crippen molar-refractivity contribution in [2.24, 2.45) is 0 Å². The Morgan fingerprint density at radius 2 is 2.38 bits per heavy atom. The molecule has 1 amide bonds. The van der Waals surface area contributed by atoms with E-state index in [4.69, 9.17) is 4.74 Å². The third-order valence-electron chi connectivity index (χ3n) is 2.23. The minimum absolute atomic E-state index is 0.0561. The molecule has 1 heterocycles. The van der Waals surface area contributed by atoms with E-state index in [2.05, 4.69) is 0 Å². The van der Waals surface area contributed by atoms with Gasteiger partial charge < -0.3 is 9.64 Å². The number of carbonyl (C=O) groups excluding carboxylic acids is 2. The number of ether oxygens (including phenoxy) is 1. The average Bonchev–Trinajstić information content (AvgIpc) is 2.36. The molecule has 0 radical (unpaired) electrons. The van der Waals surface area contributed by atoms with Crippen molar-refractivity contribution in [2.45, 2.75) is 32.7 Å². The quantitative estimate of drug-likeness (QED) is 0.603. The van der Waals surface area contributed by atoms with Gasteiger partial charge in [-0.25, -0.2) is 0 Å². The van der Waals surface area contributed by atoms with Crippen molar-refractivity contribution in [1.29, 1.82) is 0 Å². The van der Waals surface area contributed by atoms with Crippen molar-refractivity contribution >= 4 is 11.9 Å². The Morgan fingerprint density at radius 3 is 2.85 bits per heavy atom. The fourth-order valence-corrected chi connectivity index (χ4v) is 1.47. The number of carbonyl (C=O) groups is 2. The van der Waals surface area contributed by atoms with E-state index in [1.807, 2.05) is 6.92 Å². The van der Waals surface area contributed by atoms with Crippen LogP contribution in [0, 0.1) is 0 Å². The van der Waals surface area contributed by atoms with E-state index in [0.717, 1.165) is 6.42 Å². The molecule has 0 N–H and O–H groups in total. The first-order chi connectivity index (χ1) is 6.15. The molecule has 1 aliphatic rings. The summed E-state index contributed by atoms with van der Waals surface area (Å²) in [6.07, 6.45) is 1.40. The molecule has 0 spiro atoms. The van der Waals surface area contributed by atoms with Gasteiger partial charge in [0.2, 0.25) is 5.91 Å². The predicted octanol–water partition coefficient (Wildman–Crippen LogP) is 0.560. The van der Waals surface area contributed by atoms with E-state index in [1.54, 1.807) is 11.8 Å². The number of hydrogen-bond donors (Lipinski definition) is 0. The number of amides is 1. The largest absolute Gasteiger partial charge is 0.465 e. The van der Waals surface area contributed by atoms with Crippen LogP contribution in [0.3, 0.4) is 0 Å². The monoisotopic (exact) mass is 185 g/mol. The Labute approximate surface area is 77.8 Å². The fraction of sp³-hybridized carbons (Fsp3) is 0.778. The number of rotatable bonds is 3. The molecule has 0 aromatic rings. The normalized spacial score (nSPS) is 22.2. The third kappa shape index (κ3) is 2.44. The molecule has 0 bridgehead atoms. The third-order valence-corrected chi connectivity index (χ3v) is 2.23. The standard InChI is InChI=1S/C9H15NO3/c1-3-13-9(12)6-10-7(2)4-5-8(10)11/h7H,3-6H2,1-2H3. The van der Waals surface area contributed by atoms with Gasteiger partial charge in [-0.2, -0.15) is 0 Å². The molecule has 0 aromatic carbocycles. The van der Waals surface area contributed by atoms with Crippen molar-refractivity contribution in [1.82, 2.24) is 4.90 Å². The topological polar surface area (TPSA) is 46.6 Å². The highest BCUT2D eigenvalue weighted by Gasteiger charge is 2.29. The Balaban J connectivity index is 2.43. The smallest absolute Gasteiger partial charge is 0.325 e. The van der Waals surface area contributed by atoms with E-state index in [1.165, 1.54) is 0 Å². The summed E-state index contributed by atoms with van der Waals surface area (Å²) in [4.78, 5) is 23.9. The van der Waals surface area contributed by atoms with Crippen LogP contribution in [0.1, 0.15) is 26.7 Å². The molecule has 1 rings (SSSR count). The van der Waals surface area contributed by atoms with Crippen LogP contribution in [0.4, 0.5) is 0 Å². The van der Waals surface area contributed by atoms with Crippen molar-refractivity contribution in [2.75, 3.05) is 13.2 Å². The second kappa shape index (κ2) is 4.25. The Morgan fingerprint density at radius 1 is 1.69 bits per heavy atom. The molecule has 74 valence electrons. The van der Waals surface area contributed by atoms with Crippen molar-refractivity contribution < 1.29 is 14.3 Å². The molecule has 1 aliphatic heterocycles. The van der Waals surface area contributed by atoms with Crippen LogP contribution in [0.5, 0.6) is 0 Å². The number of esters is 1. The van der Waals surface area contributed by atoms with Crippen LogP contribution in [0.25, 0.3) is 0 Å². The summed E-state index contributed by atoms with van der Waals surface area (Å²) in [5.41, 5.74) is 0. The molecule has 0 aliphatic carbocycles. The first-order valence-electron chi connectivity index (χ1n) is 4.60. The average molecular weight is 185 g/mol. The summed E-state index contributed by atoms with van der Waals surface area (Å²) >= 11 is 0. The Bertz CT molecular complexity index is 215. The maximum atomic E-state index is 11.2. The summed E-state index contributed by atoms with van der Waals surface area (Å²) in [6.45, 7) is 4.18. The minimum atomic E-state index is -0.315. The molecular formula is C9H15NO3. The number of hydrogen-bond acceptors (Lipinski definition) is 3. The van der Waals surface area contributed by atoms with Crippen molar-refractivity contribution in [3.63, 3.8) is 0 Å². The van der Waals surface area contributed by atoms with E-state index in [0.29, 0.717) is 13.0 Å². The summed E-state index contributed by atoms with van der Waals surface area (Å²) < 4.78 is 4.77. The summed E-state index contributed by atoms with van der Waals surface area (Å²) in [5.74, 6) is -0.259. The zero-order chi connectivity index (χ0) is 9.84. The summed E-state index contributed by atoms with van der Waals surface area (Å²) in [6, 6.07) is 0.178. The van der Waals surface area contributed by atoms with Gasteiger partial charge in [-0.15, -0.1) is 0 Å². The lowest BCUT2D eigenvalue weighted by molar-refractivity contribution is -0.148. The van der Waals surface area contributed by atoms with Gasteiger partial charge in [-0.1, -0.05) is 0 Å². The summed E-state index contributed by atoms with van der Waals surface area (Å²) in [7, 11) is 0. The highest BCUT2D eigenvalue weighted by Crippen LogP contribution is 2.17. The van der Waals surface area contributed by atoms with E-state index < -0.39 is 0 Å². The molecule has 1 fully saturated rings. The number of likely N-dealkylation sites (tertiary alicyclic amines) is 1. The van der Waals surface area contributed by atoms with Crippen LogP contribution in [-0.4, -0.2) is 36.0 Å². The molecule has 1 atom stereocenters. The van der Waals surface area contributed by atoms with E-state index in [-0.39, 0.29) is 24.5 Å². The van der Waals surface area contributed by atoms with Crippen LogP contribution in [0.15, 0.2) is 0 Å². The zero-order valence-corrected chi connectivity index (χ0v) is 8.08. The molecule has 4 heteroatoms. The maximum Gasteiger partial charge on any atom is 0.325 e. The van der Waals surface area contributed by atoms with E-state index >= 15 is 0 Å². The second-order valence-corrected chi connectivity index (χ2v) is 3.21. The van der Waals surface area contributed by atoms with Gasteiger partial charge in [0.15, 0.2) is 0 Å². The van der Waals surface area contributed by atoms with Gasteiger partial charge in [0.1, 0.15) is 6.54 Å². The lowest BCUT2D eigenvalue weighted by Crippen LogP contribution is -2.36. The molecule has 13 heavy (non-hydrogen) atoms. The molecular weight excluding hydrogens is 170 g/mol. The van der Waals surface area contributed by atoms with Gasteiger partial charge in [0.05, 0.1) is 6.61 Å². The lowest BCUT2D eigenvalue weighted by Gasteiger charge is -2.19. The van der Waals surface area contributed by atoms with Gasteiger partial charge >= 0.3 is 5.97 Å². The second-order valence-electron chi connectivity index (χ2n) is 3.21. The Kier molecular flexibility index (Phi) is 3.28. The fourth-order valence-electron chi connectivity index (χ4n) is 1.47. The molecule has 4 nitrogen and oxygen atoms in total. The lowest BCUT2D eigenvalue weighted by atomic mass is 10.2. The maximum absolute atomic E-state index is 11.2. The van der Waals surface area contributed by atoms with Crippen LogP contribution in [0.2, 0.25) is 0 Å². The van der Waals surface area contributed by atoms with Gasteiger partial charge in [-0.05, 0) is 20.3 Å². The van der Waals surface area contributed by atoms with E-state index in [9.17, 15) is 9.59 Å². The molecule has 0 saturated carbocycles. The van der Waals surface area contributed by atoms with Gasteiger partial charge in [-0.3, -0.25) is 9.59 Å². The Hall–Kier alpha value is -1.06. The highest BCUT2D eigenvalue weighted by atomic mass is 16.5. The summed E-state index contributed by atoms with van der Waals surface area (Å²) in [5, 5.41) is 0. The minimum Gasteiger partial charge on any atom is -0.465 e. The van der Waals surface area contributed by atoms with Crippen LogP contribution in [-0.2, 0) is 14.3 Å². The molecule has 1 saturated heterocycles. The van der Waals surface area contributed by atoms with Gasteiger partial charge in [0.25, 0.3) is 0 Å². The van der Waals surface area contributed by atoms with Crippen LogP contribution >= 0.6 is 0 Å². The number of nitrogens with zero attached hydrogens (tertiary/aromatic N) is 1. The van der Waals surface area contributed by atoms with Gasteiger partial charge in [0, 0.05) is 12.5 Å². The van der Waals surface area contributed by atoms with Crippen molar-refractivity contribution in [3.05, 3.63) is 0 Å². The van der Waals surface area contributed by atoms with Crippen molar-refractivity contribution in [3.8, 4) is 0 Å². The highest BCUT2D eigenvalue weighted by molar-refractivity contribution is 5.83. The first-order valence-corrected chi connectivity index (χ1v) is 4.60. The molecule has 1 unspecified atom stereocenters. The SMILES string of the molecule is CCOC(=O)CN1C(=O)CCC1C. The molecule has 0 aromatic heterocycles.